The molecule has 1 fully saturated rings. The van der Waals surface area contributed by atoms with E-state index in [9.17, 15) is 26.4 Å². The summed E-state index contributed by atoms with van der Waals surface area (Å²) >= 11 is 0. The minimum absolute atomic E-state index is 0.0518. The van der Waals surface area contributed by atoms with Crippen molar-refractivity contribution in [3.8, 4) is 0 Å². The number of amides is 2. The van der Waals surface area contributed by atoms with Crippen molar-refractivity contribution >= 4 is 53.7 Å². The molecule has 0 saturated carbocycles. The molecule has 4 N–H and O–H groups in total. The number of aryl methyl sites for hydroxylation is 2. The smallest absolute Gasteiger partial charge is 0.241 e. The van der Waals surface area contributed by atoms with Crippen LogP contribution in [0, 0.1) is 13.8 Å². The predicted molar refractivity (Wildman–Crippen MR) is 229 cm³/mol. The highest BCUT2D eigenvalue weighted by atomic mass is 32.2. The number of H-pyrrole nitrogens is 2. The zero-order valence-electron chi connectivity index (χ0n) is 33.6. The highest BCUT2D eigenvalue weighted by molar-refractivity contribution is 7.89. The van der Waals surface area contributed by atoms with Crippen molar-refractivity contribution in [1.82, 2.24) is 29.2 Å². The number of carbonyl (C=O) groups excluding carboxylic acids is 2. The van der Waals surface area contributed by atoms with Gasteiger partial charge in [-0.15, -0.1) is 0 Å². The highest BCUT2D eigenvalue weighted by Gasteiger charge is 2.32. The first kappa shape index (κ1) is 42.8. The maximum absolute atomic E-state index is 14.4. The number of aromatic amines is 2. The average molecular weight is 855 g/mol. The molecule has 7 rings (SSSR count). The van der Waals surface area contributed by atoms with Crippen molar-refractivity contribution in [3.63, 3.8) is 0 Å². The number of aromatic nitrogens is 2. The number of rotatable bonds is 12. The Morgan fingerprint density at radius 3 is 1.28 bits per heavy atom. The van der Waals surface area contributed by atoms with Gasteiger partial charge in [-0.25, -0.2) is 16.8 Å². The van der Waals surface area contributed by atoms with Gasteiger partial charge in [0, 0.05) is 60.4 Å². The Bertz CT molecular complexity index is 2450. The van der Waals surface area contributed by atoms with Crippen molar-refractivity contribution in [3.05, 3.63) is 132 Å². The van der Waals surface area contributed by atoms with E-state index in [1.165, 1.54) is 24.3 Å². The van der Waals surface area contributed by atoms with Gasteiger partial charge in [-0.1, -0.05) is 71.8 Å². The fraction of sp³-hybridized carbons (Fsp3) is 0.318. The van der Waals surface area contributed by atoms with Gasteiger partial charge < -0.3 is 29.2 Å². The first-order valence-electron chi connectivity index (χ1n) is 19.9. The molecule has 3 heterocycles. The molecule has 14 nitrogen and oxygen atoms in total. The number of sulfonamides is 2. The maximum Gasteiger partial charge on any atom is 0.241 e. The Balaban J connectivity index is 1.05. The van der Waals surface area contributed by atoms with Gasteiger partial charge in [0.1, 0.15) is 12.1 Å². The summed E-state index contributed by atoms with van der Waals surface area (Å²) in [7, 11) is -8.17. The highest BCUT2D eigenvalue weighted by Crippen LogP contribution is 2.23. The van der Waals surface area contributed by atoms with E-state index in [2.05, 4.69) is 19.4 Å². The van der Waals surface area contributed by atoms with Gasteiger partial charge >= 0.3 is 0 Å². The van der Waals surface area contributed by atoms with Gasteiger partial charge in [0.25, 0.3) is 0 Å². The number of nitrogens with one attached hydrogen (secondary N) is 4. The van der Waals surface area contributed by atoms with Gasteiger partial charge in [-0.2, -0.15) is 9.44 Å². The molecule has 6 aromatic rings. The zero-order valence-corrected chi connectivity index (χ0v) is 35.2. The monoisotopic (exact) mass is 854 g/mol. The number of fused-ring (bicyclic) bond motifs is 2. The van der Waals surface area contributed by atoms with Gasteiger partial charge in [0.15, 0.2) is 0 Å². The molecule has 2 amide bonds. The van der Waals surface area contributed by atoms with Gasteiger partial charge in [0.2, 0.25) is 31.9 Å². The third-order valence-electron chi connectivity index (χ3n) is 10.7. The first-order chi connectivity index (χ1) is 28.9. The molecule has 0 radical (unpaired) electrons. The Kier molecular flexibility index (Phi) is 13.5. The number of benzene rings is 4. The first-order valence-corrected chi connectivity index (χ1v) is 22.9. The fourth-order valence-corrected chi connectivity index (χ4v) is 9.73. The summed E-state index contributed by atoms with van der Waals surface area (Å²) in [5.74, 6) is -0.865. The van der Waals surface area contributed by atoms with E-state index >= 15 is 0 Å². The lowest BCUT2D eigenvalue weighted by Crippen LogP contribution is -2.52. The standard InChI is InChI=1S/C44H50N6O8S2/c1-31-11-15-35(16-12-31)59(53,54)47-41(27-33-29-45-39-9-5-3-7-37(33)39)43(51)49-19-23-57-25-21-50(22-26-58-24-20-49)44(52)42(28-34-30-46-40-10-6-4-8-38(34)40)48-60(55,56)36-17-13-32(2)14-18-36/h3-18,29-30,41-42,45-48H,19-28H2,1-2H3. The van der Waals surface area contributed by atoms with E-state index in [1.54, 1.807) is 46.5 Å². The molecular weight excluding hydrogens is 805 g/mol. The summed E-state index contributed by atoms with van der Waals surface area (Å²) in [6, 6.07) is 25.8. The summed E-state index contributed by atoms with van der Waals surface area (Å²) in [6.45, 7) is 4.63. The van der Waals surface area contributed by atoms with Crippen LogP contribution in [-0.4, -0.2) is 113 Å². The summed E-state index contributed by atoms with van der Waals surface area (Å²) in [4.78, 5) is 38.3. The van der Waals surface area contributed by atoms with Crippen LogP contribution >= 0.6 is 0 Å². The number of nitrogens with zero attached hydrogens (tertiary/aromatic N) is 2. The van der Waals surface area contributed by atoms with E-state index in [-0.39, 0.29) is 75.2 Å². The van der Waals surface area contributed by atoms with Gasteiger partial charge in [-0.05, 0) is 74.2 Å². The third-order valence-corrected chi connectivity index (χ3v) is 13.7. The molecular formula is C44H50N6O8S2. The van der Waals surface area contributed by atoms with Crippen LogP contribution in [0.3, 0.4) is 0 Å². The molecule has 60 heavy (non-hydrogen) atoms. The quantitative estimate of drug-likeness (QED) is 0.139. The average Bonchev–Trinajstić information content (AvgIpc) is 3.84. The predicted octanol–water partition coefficient (Wildman–Crippen LogP) is 4.45. The molecule has 16 heteroatoms. The summed E-state index contributed by atoms with van der Waals surface area (Å²) < 4.78 is 72.1. The summed E-state index contributed by atoms with van der Waals surface area (Å²) in [6.07, 6.45) is 3.77. The van der Waals surface area contributed by atoms with Gasteiger partial charge in [0.05, 0.1) is 36.2 Å². The lowest BCUT2D eigenvalue weighted by Gasteiger charge is -2.30. The van der Waals surface area contributed by atoms with Crippen LogP contribution in [0.2, 0.25) is 0 Å². The van der Waals surface area contributed by atoms with Crippen molar-refractivity contribution in [1.29, 1.82) is 0 Å². The second-order valence-electron chi connectivity index (χ2n) is 15.0. The summed E-state index contributed by atoms with van der Waals surface area (Å²) in [5.41, 5.74) is 5.11. The largest absolute Gasteiger partial charge is 0.378 e. The minimum atomic E-state index is -4.09. The van der Waals surface area contributed by atoms with Crippen LogP contribution in [0.15, 0.2) is 119 Å². The Labute approximate surface area is 350 Å². The normalized spacial score (nSPS) is 16.0. The topological polar surface area (TPSA) is 183 Å². The number of carbonyl (C=O) groups is 2. The maximum atomic E-state index is 14.4. The van der Waals surface area contributed by atoms with Crippen LogP contribution in [0.1, 0.15) is 22.3 Å². The second kappa shape index (κ2) is 18.9. The number of hydrogen-bond donors (Lipinski definition) is 4. The number of ether oxygens (including phenoxy) is 2. The minimum Gasteiger partial charge on any atom is -0.378 e. The molecule has 0 spiro atoms. The molecule has 2 aromatic heterocycles. The lowest BCUT2D eigenvalue weighted by molar-refractivity contribution is -0.136. The molecule has 1 aliphatic rings. The molecule has 2 atom stereocenters. The number of hydrogen-bond acceptors (Lipinski definition) is 8. The van der Waals surface area contributed by atoms with Crippen LogP contribution in [-0.2, 0) is 52.0 Å². The molecule has 316 valence electrons. The Morgan fingerprint density at radius 2 is 0.917 bits per heavy atom. The van der Waals surface area contributed by atoms with Crippen LogP contribution in [0.5, 0.6) is 0 Å². The molecule has 2 unspecified atom stereocenters. The van der Waals surface area contributed by atoms with E-state index in [0.29, 0.717) is 0 Å². The van der Waals surface area contributed by atoms with Crippen molar-refractivity contribution in [2.45, 2.75) is 48.6 Å². The van der Waals surface area contributed by atoms with Crippen LogP contribution < -0.4 is 9.44 Å². The van der Waals surface area contributed by atoms with Crippen molar-refractivity contribution < 1.29 is 35.9 Å². The second-order valence-corrected chi connectivity index (χ2v) is 18.4. The molecule has 0 aliphatic carbocycles. The van der Waals surface area contributed by atoms with E-state index < -0.39 is 43.9 Å². The fourth-order valence-electron chi connectivity index (χ4n) is 7.35. The summed E-state index contributed by atoms with van der Waals surface area (Å²) in [5, 5.41) is 1.77. The zero-order chi connectivity index (χ0) is 42.3. The molecule has 1 aliphatic heterocycles. The van der Waals surface area contributed by atoms with Crippen LogP contribution in [0.4, 0.5) is 0 Å². The van der Waals surface area contributed by atoms with E-state index in [1.807, 2.05) is 62.4 Å². The molecule has 1 saturated heterocycles. The lowest BCUT2D eigenvalue weighted by atomic mass is 10.0. The molecule has 4 aromatic carbocycles. The van der Waals surface area contributed by atoms with Gasteiger partial charge in [-0.3, -0.25) is 9.59 Å². The van der Waals surface area contributed by atoms with Crippen LogP contribution in [0.25, 0.3) is 21.8 Å². The Morgan fingerprint density at radius 1 is 0.567 bits per heavy atom. The SMILES string of the molecule is Cc1ccc(S(=O)(=O)NC(Cc2c[nH]c3ccccc23)C(=O)N2CCOCCN(C(=O)C(Cc3c[nH]c4ccccc34)NS(=O)(=O)c3ccc(C)cc3)CCOCC2)cc1. The third kappa shape index (κ3) is 10.3. The van der Waals surface area contributed by atoms with Crippen molar-refractivity contribution in [2.75, 3.05) is 52.6 Å². The van der Waals surface area contributed by atoms with E-state index in [0.717, 1.165) is 44.1 Å². The number of para-hydroxylation sites is 2. The van der Waals surface area contributed by atoms with Crippen molar-refractivity contribution in [2.24, 2.45) is 0 Å². The Hall–Kier alpha value is -5.36. The van der Waals surface area contributed by atoms with E-state index in [4.69, 9.17) is 9.47 Å². The molecule has 0 bridgehead atoms.